The molecule has 3 heterocycles. The molecule has 0 radical (unpaired) electrons. The zero-order valence-electron chi connectivity index (χ0n) is 29.7. The van der Waals surface area contributed by atoms with Crippen molar-refractivity contribution in [2.24, 2.45) is 0 Å². The third kappa shape index (κ3) is 9.22. The number of aliphatic hydroxyl groups excluding tert-OH is 3. The van der Waals surface area contributed by atoms with E-state index >= 15 is 0 Å². The number of benzene rings is 3. The van der Waals surface area contributed by atoms with Crippen molar-refractivity contribution in [3.8, 4) is 28.7 Å². The van der Waals surface area contributed by atoms with Crippen molar-refractivity contribution < 1.29 is 24.8 Å². The van der Waals surface area contributed by atoms with E-state index in [2.05, 4.69) is 69.5 Å². The third-order valence-corrected chi connectivity index (χ3v) is 10.5. The zero-order chi connectivity index (χ0) is 36.5. The van der Waals surface area contributed by atoms with Crippen LogP contribution in [0.5, 0.6) is 11.5 Å². The number of nitrogens with one attached hydrogen (secondary N) is 1. The summed E-state index contributed by atoms with van der Waals surface area (Å²) >= 11 is 6.77. The first-order valence-corrected chi connectivity index (χ1v) is 18.5. The molecule has 52 heavy (non-hydrogen) atoms. The van der Waals surface area contributed by atoms with Crippen molar-refractivity contribution in [1.29, 1.82) is 5.26 Å². The second-order valence-electron chi connectivity index (χ2n) is 13.7. The lowest BCUT2D eigenvalue weighted by molar-refractivity contribution is 0.0823. The van der Waals surface area contributed by atoms with Gasteiger partial charge in [-0.15, -0.1) is 0 Å². The van der Waals surface area contributed by atoms with Crippen LogP contribution in [0.25, 0.3) is 11.1 Å². The Hall–Kier alpha value is -4.21. The van der Waals surface area contributed by atoms with Crippen LogP contribution < -0.4 is 19.7 Å². The number of nitrogens with zero attached hydrogens (tertiary/aromatic N) is 4. The van der Waals surface area contributed by atoms with Crippen LogP contribution in [0.3, 0.4) is 0 Å². The summed E-state index contributed by atoms with van der Waals surface area (Å²) in [5.41, 5.74) is 9.27. The highest BCUT2D eigenvalue weighted by atomic mass is 35.5. The second-order valence-corrected chi connectivity index (χ2v) is 14.1. The summed E-state index contributed by atoms with van der Waals surface area (Å²) in [6.07, 6.45) is 6.89. The molecule has 0 aliphatic carbocycles. The molecule has 1 aromatic heterocycles. The lowest BCUT2D eigenvalue weighted by atomic mass is 9.92. The minimum absolute atomic E-state index is 0.136. The number of halogens is 1. The number of hydrogen-bond acceptors (Lipinski definition) is 10. The van der Waals surface area contributed by atoms with Crippen LogP contribution in [0.15, 0.2) is 67.0 Å². The largest absolute Gasteiger partial charge is 0.488 e. The molecule has 0 amide bonds. The molecule has 3 aromatic carbocycles. The van der Waals surface area contributed by atoms with Gasteiger partial charge >= 0.3 is 0 Å². The maximum absolute atomic E-state index is 9.84. The van der Waals surface area contributed by atoms with Gasteiger partial charge in [-0.3, -0.25) is 4.98 Å². The number of pyridine rings is 1. The summed E-state index contributed by atoms with van der Waals surface area (Å²) in [6.45, 7) is 7.55. The van der Waals surface area contributed by atoms with Crippen molar-refractivity contribution in [2.75, 3.05) is 50.8 Å². The molecule has 2 aliphatic heterocycles. The molecular weight excluding hydrogens is 678 g/mol. The number of aromatic nitrogens is 1. The Kier molecular flexibility index (Phi) is 13.0. The van der Waals surface area contributed by atoms with Crippen molar-refractivity contribution in [1.82, 2.24) is 15.2 Å². The SMILES string of the molecule is Cc1c(COc2cc(OCc3cncc(C#N)c3)c(CNC(CO)CO)cc2Cl)cccc1-c1cccc2c1CCN2CCCN1CCC(O)CC1. The topological polar surface area (TPSA) is 134 Å². The highest BCUT2D eigenvalue weighted by Crippen LogP contribution is 2.39. The van der Waals surface area contributed by atoms with E-state index in [1.54, 1.807) is 24.4 Å². The summed E-state index contributed by atoms with van der Waals surface area (Å²) in [6, 6.07) is 19.8. The second kappa shape index (κ2) is 18.0. The number of nitriles is 1. The van der Waals surface area contributed by atoms with Gasteiger partial charge in [-0.05, 0) is 85.2 Å². The highest BCUT2D eigenvalue weighted by Gasteiger charge is 2.24. The van der Waals surface area contributed by atoms with Gasteiger partial charge in [0.05, 0.1) is 35.9 Å². The fourth-order valence-electron chi connectivity index (χ4n) is 7.09. The smallest absolute Gasteiger partial charge is 0.142 e. The lowest BCUT2D eigenvalue weighted by Gasteiger charge is -2.30. The fourth-order valence-corrected chi connectivity index (χ4v) is 7.33. The maximum Gasteiger partial charge on any atom is 0.142 e. The number of piperidine rings is 1. The van der Waals surface area contributed by atoms with Gasteiger partial charge in [0, 0.05) is 68.0 Å². The van der Waals surface area contributed by atoms with Crippen molar-refractivity contribution in [3.63, 3.8) is 0 Å². The van der Waals surface area contributed by atoms with Gasteiger partial charge < -0.3 is 39.9 Å². The Morgan fingerprint density at radius 1 is 0.942 bits per heavy atom. The average molecular weight is 726 g/mol. The number of rotatable bonds is 16. The van der Waals surface area contributed by atoms with E-state index in [-0.39, 0.29) is 25.9 Å². The molecule has 0 unspecified atom stereocenters. The molecule has 11 heteroatoms. The molecule has 6 rings (SSSR count). The number of anilines is 1. The number of fused-ring (bicyclic) bond motifs is 1. The number of ether oxygens (including phenoxy) is 2. The third-order valence-electron chi connectivity index (χ3n) is 10.2. The van der Waals surface area contributed by atoms with E-state index in [1.165, 1.54) is 28.6 Å². The summed E-state index contributed by atoms with van der Waals surface area (Å²) in [5.74, 6) is 0.987. The van der Waals surface area contributed by atoms with Crippen LogP contribution >= 0.6 is 11.6 Å². The van der Waals surface area contributed by atoms with E-state index in [0.717, 1.165) is 80.7 Å². The maximum atomic E-state index is 9.84. The van der Waals surface area contributed by atoms with Crippen LogP contribution in [-0.2, 0) is 26.2 Å². The monoisotopic (exact) mass is 725 g/mol. The van der Waals surface area contributed by atoms with Gasteiger partial charge in [-0.2, -0.15) is 5.26 Å². The van der Waals surface area contributed by atoms with E-state index in [9.17, 15) is 20.6 Å². The molecule has 10 nitrogen and oxygen atoms in total. The molecule has 0 atom stereocenters. The summed E-state index contributed by atoms with van der Waals surface area (Å²) in [7, 11) is 0. The van der Waals surface area contributed by atoms with Gasteiger partial charge in [0.1, 0.15) is 30.8 Å². The van der Waals surface area contributed by atoms with Crippen molar-refractivity contribution >= 4 is 17.3 Å². The van der Waals surface area contributed by atoms with Crippen LogP contribution in [0.1, 0.15) is 52.6 Å². The predicted molar refractivity (Wildman–Crippen MR) is 203 cm³/mol. The van der Waals surface area contributed by atoms with Crippen molar-refractivity contribution in [2.45, 2.75) is 64.5 Å². The Bertz CT molecular complexity index is 1850. The first-order chi connectivity index (χ1) is 25.4. The average Bonchev–Trinajstić information content (AvgIpc) is 3.59. The number of likely N-dealkylation sites (tertiary alicyclic amines) is 1. The van der Waals surface area contributed by atoms with Gasteiger partial charge in [-0.25, -0.2) is 0 Å². The molecule has 4 aromatic rings. The van der Waals surface area contributed by atoms with E-state index in [0.29, 0.717) is 35.2 Å². The number of hydrogen-bond donors (Lipinski definition) is 4. The molecule has 0 spiro atoms. The van der Waals surface area contributed by atoms with Gasteiger partial charge in [-0.1, -0.05) is 41.9 Å². The summed E-state index contributed by atoms with van der Waals surface area (Å²) in [5, 5.41) is 41.8. The Morgan fingerprint density at radius 3 is 2.50 bits per heavy atom. The Balaban J connectivity index is 1.16. The molecule has 274 valence electrons. The van der Waals surface area contributed by atoms with Crippen LogP contribution in [0.4, 0.5) is 5.69 Å². The normalized spacial score (nSPS) is 14.8. The first kappa shape index (κ1) is 37.5. The Labute approximate surface area is 311 Å². The number of aliphatic hydroxyl groups is 3. The fraction of sp³-hybridized carbons (Fsp3) is 0.415. The van der Waals surface area contributed by atoms with Crippen LogP contribution in [0, 0.1) is 18.3 Å². The Morgan fingerprint density at radius 2 is 1.71 bits per heavy atom. The first-order valence-electron chi connectivity index (χ1n) is 18.1. The standard InChI is InChI=1S/C41H48ClN5O5/c1-28-31(5-2-6-35(28)36-7-3-8-39-37(36)11-16-47(39)13-4-12-46-14-9-34(50)10-15-46)27-52-41-19-40(51-26-30-17-29(20-43)21-44-22-30)32(18-38(41)42)23-45-33(24-48)25-49/h2-3,5-8,17-19,21-22,33-34,45,48-50H,4,9-16,23-27H2,1H3. The minimum Gasteiger partial charge on any atom is -0.488 e. The van der Waals surface area contributed by atoms with Gasteiger partial charge in [0.25, 0.3) is 0 Å². The molecule has 1 saturated heterocycles. The molecule has 0 bridgehead atoms. The van der Waals surface area contributed by atoms with Gasteiger partial charge in [0.2, 0.25) is 0 Å². The van der Waals surface area contributed by atoms with E-state index in [1.807, 2.05) is 0 Å². The zero-order valence-corrected chi connectivity index (χ0v) is 30.5. The molecule has 4 N–H and O–H groups in total. The van der Waals surface area contributed by atoms with Crippen molar-refractivity contribution in [3.05, 3.63) is 105 Å². The minimum atomic E-state index is -0.496. The molecular formula is C41H48ClN5O5. The summed E-state index contributed by atoms with van der Waals surface area (Å²) in [4.78, 5) is 9.13. The quantitative estimate of drug-likeness (QED) is 0.119. The van der Waals surface area contributed by atoms with E-state index < -0.39 is 6.04 Å². The van der Waals surface area contributed by atoms with Gasteiger partial charge in [0.15, 0.2) is 0 Å². The van der Waals surface area contributed by atoms with Crippen LogP contribution in [0.2, 0.25) is 5.02 Å². The predicted octanol–water partition coefficient (Wildman–Crippen LogP) is 5.39. The summed E-state index contributed by atoms with van der Waals surface area (Å²) < 4.78 is 12.6. The lowest BCUT2D eigenvalue weighted by Crippen LogP contribution is -2.37. The molecule has 2 aliphatic rings. The molecule has 0 saturated carbocycles. The molecule has 1 fully saturated rings. The highest BCUT2D eigenvalue weighted by molar-refractivity contribution is 6.32. The van der Waals surface area contributed by atoms with E-state index in [4.69, 9.17) is 21.1 Å². The van der Waals surface area contributed by atoms with Crippen LogP contribution in [-0.4, -0.2) is 83.3 Å².